The van der Waals surface area contributed by atoms with Crippen LogP contribution in [0.25, 0.3) is 11.1 Å². The third-order valence-corrected chi connectivity index (χ3v) is 3.83. The summed E-state index contributed by atoms with van der Waals surface area (Å²) in [6, 6.07) is 15.6. The second kappa shape index (κ2) is 20.5. The molecule has 2 aromatic rings. The first kappa shape index (κ1) is 31.8. The van der Waals surface area contributed by atoms with Crippen molar-refractivity contribution < 1.29 is 29.0 Å². The number of halogens is 2. The Balaban J connectivity index is 0. The molecule has 0 heterocycles. The molecule has 33 heavy (non-hydrogen) atoms. The lowest BCUT2D eigenvalue weighted by Crippen LogP contribution is -1.98. The van der Waals surface area contributed by atoms with Crippen LogP contribution in [0.2, 0.25) is 10.0 Å². The minimum Gasteiger partial charge on any atom is -0.481 e. The lowest BCUT2D eigenvalue weighted by molar-refractivity contribution is -0.137. The summed E-state index contributed by atoms with van der Waals surface area (Å²) in [5, 5.41) is 8.62. The van der Waals surface area contributed by atoms with Gasteiger partial charge in [0.25, 0.3) is 5.97 Å². The summed E-state index contributed by atoms with van der Waals surface area (Å²) < 4.78 is 8.75. The highest BCUT2D eigenvalue weighted by Gasteiger charge is 2.05. The Bertz CT molecular complexity index is 904. The molecule has 0 aliphatic heterocycles. The Hall–Kier alpha value is -3.35. The van der Waals surface area contributed by atoms with Gasteiger partial charge in [-0.2, -0.15) is 0 Å². The fourth-order valence-corrected chi connectivity index (χ4v) is 2.16. The fraction of sp³-hybridized carbons (Fsp3) is 0.160. The number of carbonyl (C=O) groups excluding carboxylic acids is 2. The molecule has 0 unspecified atom stereocenters. The Kier molecular flexibility index (Phi) is 19.8. The van der Waals surface area contributed by atoms with Crippen LogP contribution < -0.4 is 0 Å². The number of aliphatic carboxylic acids is 1. The Morgan fingerprint density at radius 2 is 1.58 bits per heavy atom. The molecule has 6 nitrogen and oxygen atoms in total. The van der Waals surface area contributed by atoms with Gasteiger partial charge in [0.2, 0.25) is 0 Å². The Morgan fingerprint density at radius 3 is 2.00 bits per heavy atom. The first-order valence-corrected chi connectivity index (χ1v) is 10.2. The van der Waals surface area contributed by atoms with E-state index >= 15 is 0 Å². The summed E-state index contributed by atoms with van der Waals surface area (Å²) in [5.41, 5.74) is 2.06. The monoisotopic (exact) mass is 494 g/mol. The zero-order valence-corrected chi connectivity index (χ0v) is 20.3. The molecule has 1 N–H and O–H groups in total. The van der Waals surface area contributed by atoms with Crippen molar-refractivity contribution in [1.82, 2.24) is 0 Å². The van der Waals surface area contributed by atoms with Gasteiger partial charge in [0.15, 0.2) is 0 Å². The zero-order valence-electron chi connectivity index (χ0n) is 18.8. The lowest BCUT2D eigenvalue weighted by Gasteiger charge is -2.04. The van der Waals surface area contributed by atoms with Gasteiger partial charge < -0.3 is 14.6 Å². The number of ether oxygens (including phenoxy) is 2. The molecule has 0 saturated heterocycles. The van der Waals surface area contributed by atoms with E-state index in [0.717, 1.165) is 30.4 Å². The van der Waals surface area contributed by atoms with Crippen molar-refractivity contribution in [2.45, 2.75) is 20.8 Å². The number of hydrogen-bond donors (Lipinski definition) is 1. The van der Waals surface area contributed by atoms with E-state index < -0.39 is 5.97 Å². The van der Waals surface area contributed by atoms with E-state index in [9.17, 15) is 9.59 Å². The van der Waals surface area contributed by atoms with Crippen molar-refractivity contribution in [3.8, 4) is 11.1 Å². The number of allylic oxidation sites excluding steroid dienone is 1. The van der Waals surface area contributed by atoms with Gasteiger partial charge in [0.1, 0.15) is 6.61 Å². The van der Waals surface area contributed by atoms with Crippen LogP contribution in [-0.4, -0.2) is 29.6 Å². The van der Waals surface area contributed by atoms with Gasteiger partial charge >= 0.3 is 11.9 Å². The molecule has 0 atom stereocenters. The maximum atomic E-state index is 10.3. The van der Waals surface area contributed by atoms with Crippen LogP contribution in [0.1, 0.15) is 20.8 Å². The highest BCUT2D eigenvalue weighted by atomic mass is 35.5. The van der Waals surface area contributed by atoms with Crippen molar-refractivity contribution in [2.75, 3.05) is 6.61 Å². The van der Waals surface area contributed by atoms with Gasteiger partial charge in [-0.15, -0.1) is 0 Å². The topological polar surface area (TPSA) is 89.9 Å². The molecule has 0 aromatic heterocycles. The predicted octanol–water partition coefficient (Wildman–Crippen LogP) is 6.74. The van der Waals surface area contributed by atoms with Crippen molar-refractivity contribution in [3.63, 3.8) is 0 Å². The van der Waals surface area contributed by atoms with Crippen LogP contribution in [0.5, 0.6) is 0 Å². The standard InChI is InChI=1S/C12H8Cl2.C7H10O2.C4H6O2.C2H4O2/c13-11-8-4-7-10(12(11)14)9-5-2-1-3-6-9;1-3-5-6-9-7(8)4-2;1-3-6-4(2)5;1-2(3)4/h1-8H;3-5H,2,6H2,1H3;3H,1H2,2H3;1H3,(H,3,4). The number of rotatable bonds is 5. The maximum Gasteiger partial charge on any atom is 0.330 e. The number of carboxylic acid groups (broad SMARTS) is 1. The van der Waals surface area contributed by atoms with Crippen LogP contribution in [0.3, 0.4) is 0 Å². The normalized spacial score (nSPS) is 8.88. The number of hydrogen-bond acceptors (Lipinski definition) is 5. The number of esters is 2. The summed E-state index contributed by atoms with van der Waals surface area (Å²) in [6.07, 6.45) is 5.81. The molecule has 0 saturated carbocycles. The second-order valence-corrected chi connectivity index (χ2v) is 6.45. The number of carbonyl (C=O) groups is 3. The van der Waals surface area contributed by atoms with Crippen LogP contribution in [-0.2, 0) is 23.9 Å². The molecular formula is C25H28Cl2O6. The molecule has 0 aliphatic carbocycles. The van der Waals surface area contributed by atoms with Crippen LogP contribution >= 0.6 is 23.2 Å². The smallest absolute Gasteiger partial charge is 0.330 e. The van der Waals surface area contributed by atoms with E-state index in [1.54, 1.807) is 12.1 Å². The molecule has 0 aliphatic rings. The van der Waals surface area contributed by atoms with Crippen molar-refractivity contribution in [1.29, 1.82) is 0 Å². The van der Waals surface area contributed by atoms with Crippen molar-refractivity contribution in [3.05, 3.63) is 96.2 Å². The van der Waals surface area contributed by atoms with Gasteiger partial charge in [-0.25, -0.2) is 4.79 Å². The molecule has 178 valence electrons. The molecule has 0 spiro atoms. The largest absolute Gasteiger partial charge is 0.481 e. The molecule has 0 fully saturated rings. The van der Waals surface area contributed by atoms with Crippen LogP contribution in [0.15, 0.2) is 86.2 Å². The second-order valence-electron chi connectivity index (χ2n) is 5.67. The summed E-state index contributed by atoms with van der Waals surface area (Å²) in [7, 11) is 0. The summed E-state index contributed by atoms with van der Waals surface area (Å²) in [5.74, 6) is -1.54. The highest BCUT2D eigenvalue weighted by molar-refractivity contribution is 6.43. The van der Waals surface area contributed by atoms with E-state index in [1.165, 1.54) is 6.92 Å². The van der Waals surface area contributed by atoms with Crippen LogP contribution in [0, 0.1) is 0 Å². The SMILES string of the molecule is C=CC(=O)OCC=CC.C=COC(C)=O.CC(=O)O.Clc1cccc(-c2ccccc2)c1Cl. The molecule has 0 bridgehead atoms. The summed E-state index contributed by atoms with van der Waals surface area (Å²) >= 11 is 12.0. The van der Waals surface area contributed by atoms with Crippen molar-refractivity contribution >= 4 is 41.1 Å². The average Bonchev–Trinajstić information content (AvgIpc) is 2.77. The molecular weight excluding hydrogens is 467 g/mol. The molecule has 2 rings (SSSR count). The Morgan fingerprint density at radius 1 is 1.00 bits per heavy atom. The van der Waals surface area contributed by atoms with E-state index in [-0.39, 0.29) is 11.9 Å². The molecule has 0 amide bonds. The molecule has 8 heteroatoms. The first-order valence-electron chi connectivity index (χ1n) is 9.48. The highest BCUT2D eigenvalue weighted by Crippen LogP contribution is 2.32. The fourth-order valence-electron chi connectivity index (χ4n) is 1.75. The van der Waals surface area contributed by atoms with Gasteiger partial charge in [-0.3, -0.25) is 9.59 Å². The first-order chi connectivity index (χ1) is 15.6. The quantitative estimate of drug-likeness (QED) is 0.214. The van der Waals surface area contributed by atoms with E-state index in [1.807, 2.05) is 55.5 Å². The van der Waals surface area contributed by atoms with Crippen molar-refractivity contribution in [2.24, 2.45) is 0 Å². The third-order valence-electron chi connectivity index (χ3n) is 3.01. The van der Waals surface area contributed by atoms with Gasteiger partial charge in [0.05, 0.1) is 16.3 Å². The zero-order chi connectivity index (χ0) is 25.6. The van der Waals surface area contributed by atoms with Gasteiger partial charge in [-0.05, 0) is 18.6 Å². The number of benzene rings is 2. The molecule has 2 aromatic carbocycles. The van der Waals surface area contributed by atoms with Gasteiger partial charge in [0, 0.05) is 25.5 Å². The maximum absolute atomic E-state index is 10.3. The average molecular weight is 495 g/mol. The minimum atomic E-state index is -0.833. The summed E-state index contributed by atoms with van der Waals surface area (Å²) in [4.78, 5) is 29.1. The number of carboxylic acids is 1. The van der Waals surface area contributed by atoms with E-state index in [0.29, 0.717) is 16.7 Å². The van der Waals surface area contributed by atoms with E-state index in [4.69, 9.17) is 33.1 Å². The summed E-state index contributed by atoms with van der Waals surface area (Å²) in [6.45, 7) is 11.0. The third kappa shape index (κ3) is 19.1. The lowest BCUT2D eigenvalue weighted by atomic mass is 10.1. The van der Waals surface area contributed by atoms with Gasteiger partial charge in [-0.1, -0.05) is 91.0 Å². The van der Waals surface area contributed by atoms with E-state index in [2.05, 4.69) is 22.6 Å². The predicted molar refractivity (Wildman–Crippen MR) is 133 cm³/mol. The molecule has 0 radical (unpaired) electrons. The Labute approximate surface area is 204 Å². The van der Waals surface area contributed by atoms with Crippen LogP contribution in [0.4, 0.5) is 0 Å². The minimum absolute atomic E-state index is 0.329.